The minimum absolute atomic E-state index is 0.0977. The number of rotatable bonds is 8. The third kappa shape index (κ3) is 4.87. The van der Waals surface area contributed by atoms with Crippen molar-refractivity contribution < 1.29 is 24.5 Å². The minimum atomic E-state index is -1.28. The number of hydrogen-bond acceptors (Lipinski definition) is 5. The first kappa shape index (κ1) is 28.6. The third-order valence-corrected chi connectivity index (χ3v) is 8.93. The maximum absolute atomic E-state index is 14.4. The van der Waals surface area contributed by atoms with Crippen LogP contribution >= 0.6 is 0 Å². The van der Waals surface area contributed by atoms with E-state index in [1.807, 2.05) is 64.1 Å². The second-order valence-electron chi connectivity index (χ2n) is 12.4. The molecule has 0 bridgehead atoms. The molecule has 0 fully saturated rings. The molecule has 5 nitrogen and oxygen atoms in total. The van der Waals surface area contributed by atoms with Crippen molar-refractivity contribution in [2.75, 3.05) is 0 Å². The molecule has 4 aromatic carbocycles. The summed E-state index contributed by atoms with van der Waals surface area (Å²) in [5.74, 6) is 0.665. The van der Waals surface area contributed by atoms with Gasteiger partial charge in [-0.25, -0.2) is 0 Å². The van der Waals surface area contributed by atoms with Crippen LogP contribution in [0.25, 0.3) is 0 Å². The average Bonchev–Trinajstić information content (AvgIpc) is 3.39. The van der Waals surface area contributed by atoms with Crippen LogP contribution in [-0.4, -0.2) is 21.8 Å². The number of carbonyl (C=O) groups is 1. The van der Waals surface area contributed by atoms with Crippen molar-refractivity contribution in [2.45, 2.75) is 70.8 Å². The largest absolute Gasteiger partial charge is 0.508 e. The van der Waals surface area contributed by atoms with E-state index in [1.54, 1.807) is 18.2 Å². The van der Waals surface area contributed by atoms with Crippen molar-refractivity contribution in [3.8, 4) is 23.0 Å². The van der Waals surface area contributed by atoms with E-state index < -0.39 is 17.0 Å². The van der Waals surface area contributed by atoms with E-state index >= 15 is 0 Å². The minimum Gasteiger partial charge on any atom is -0.508 e. The van der Waals surface area contributed by atoms with Gasteiger partial charge >= 0.3 is 5.97 Å². The number of esters is 1. The third-order valence-electron chi connectivity index (χ3n) is 8.93. The van der Waals surface area contributed by atoms with Crippen molar-refractivity contribution in [2.24, 2.45) is 0 Å². The molecular formula is C38H38O5. The molecule has 0 saturated carbocycles. The molecule has 0 aliphatic carbocycles. The van der Waals surface area contributed by atoms with Crippen LogP contribution in [0.5, 0.6) is 23.0 Å². The predicted octanol–water partition coefficient (Wildman–Crippen LogP) is 7.55. The zero-order valence-electron chi connectivity index (χ0n) is 25.2. The molecule has 2 aliphatic heterocycles. The first-order chi connectivity index (χ1) is 20.6. The highest BCUT2D eigenvalue weighted by Gasteiger charge is 2.68. The molecule has 2 heterocycles. The Labute approximate surface area is 253 Å². The van der Waals surface area contributed by atoms with Crippen molar-refractivity contribution in [1.29, 1.82) is 0 Å². The Morgan fingerprint density at radius 2 is 1.40 bits per heavy atom. The van der Waals surface area contributed by atoms with E-state index in [0.29, 0.717) is 30.8 Å². The standard InChI is InChI=1S/C38H38O5/c1-24(2)15-19-29-30(20-17-26-13-9-6-10-14-26)35-32(23-31(29)40)42-36(41)38(35)34-27(18-16-25-11-7-5-8-12-25)21-28(39)22-33(34)43-37(38,3)4/h5-15,21-23,39-40H,16-20H2,1-4H3. The molecule has 1 unspecified atom stereocenters. The number of hydrogen-bond donors (Lipinski definition) is 2. The van der Waals surface area contributed by atoms with Gasteiger partial charge in [0.1, 0.15) is 28.6 Å². The number of allylic oxidation sites excluding steroid dienone is 2. The number of carbonyl (C=O) groups excluding carboxylic acids is 1. The lowest BCUT2D eigenvalue weighted by Crippen LogP contribution is -2.52. The van der Waals surface area contributed by atoms with E-state index in [1.165, 1.54) is 11.1 Å². The molecule has 0 amide bonds. The van der Waals surface area contributed by atoms with Gasteiger partial charge in [-0.1, -0.05) is 72.3 Å². The van der Waals surface area contributed by atoms with Crippen LogP contribution < -0.4 is 9.47 Å². The Kier molecular flexibility index (Phi) is 7.29. The van der Waals surface area contributed by atoms with Crippen molar-refractivity contribution in [3.05, 3.63) is 129 Å². The second-order valence-corrected chi connectivity index (χ2v) is 12.4. The lowest BCUT2D eigenvalue weighted by atomic mass is 9.63. The van der Waals surface area contributed by atoms with Gasteiger partial charge in [0.2, 0.25) is 0 Å². The second kappa shape index (κ2) is 11.0. The van der Waals surface area contributed by atoms with E-state index in [0.717, 1.165) is 46.2 Å². The summed E-state index contributed by atoms with van der Waals surface area (Å²) < 4.78 is 12.7. The predicted molar refractivity (Wildman–Crippen MR) is 168 cm³/mol. The molecule has 1 atom stereocenters. The number of benzene rings is 4. The Morgan fingerprint density at radius 1 is 0.767 bits per heavy atom. The smallest absolute Gasteiger partial charge is 0.330 e. The molecule has 2 aliphatic rings. The van der Waals surface area contributed by atoms with Crippen LogP contribution in [0.15, 0.2) is 90.5 Å². The fourth-order valence-corrected chi connectivity index (χ4v) is 6.94. The summed E-state index contributed by atoms with van der Waals surface area (Å²) >= 11 is 0. The van der Waals surface area contributed by atoms with Gasteiger partial charge in [-0.3, -0.25) is 4.79 Å². The summed E-state index contributed by atoms with van der Waals surface area (Å²) in [7, 11) is 0. The van der Waals surface area contributed by atoms with Gasteiger partial charge in [0, 0.05) is 28.8 Å². The monoisotopic (exact) mass is 574 g/mol. The zero-order valence-corrected chi connectivity index (χ0v) is 25.2. The average molecular weight is 575 g/mol. The quantitative estimate of drug-likeness (QED) is 0.129. The molecular weight excluding hydrogens is 536 g/mol. The van der Waals surface area contributed by atoms with Gasteiger partial charge in [0.05, 0.1) is 0 Å². The summed E-state index contributed by atoms with van der Waals surface area (Å²) in [4.78, 5) is 14.4. The normalized spacial score (nSPS) is 17.7. The molecule has 0 saturated heterocycles. The Morgan fingerprint density at radius 3 is 2.02 bits per heavy atom. The lowest BCUT2D eigenvalue weighted by Gasteiger charge is -2.36. The Hall–Kier alpha value is -4.51. The fraction of sp³-hybridized carbons (Fsp3) is 0.289. The molecule has 1 spiro atoms. The molecule has 6 rings (SSSR count). The van der Waals surface area contributed by atoms with E-state index in [-0.39, 0.29) is 11.5 Å². The number of ether oxygens (including phenoxy) is 2. The van der Waals surface area contributed by atoms with E-state index in [2.05, 4.69) is 30.3 Å². The highest BCUT2D eigenvalue weighted by molar-refractivity contribution is 5.99. The highest BCUT2D eigenvalue weighted by Crippen LogP contribution is 2.62. The van der Waals surface area contributed by atoms with Gasteiger partial charge in [0.25, 0.3) is 0 Å². The summed E-state index contributed by atoms with van der Waals surface area (Å²) in [6, 6.07) is 25.4. The maximum atomic E-state index is 14.4. The first-order valence-corrected chi connectivity index (χ1v) is 15.0. The van der Waals surface area contributed by atoms with Crippen LogP contribution in [0.2, 0.25) is 0 Å². The fourth-order valence-electron chi connectivity index (χ4n) is 6.94. The number of phenolic OH excluding ortho intramolecular Hbond substituents is 2. The van der Waals surface area contributed by atoms with Crippen molar-refractivity contribution in [3.63, 3.8) is 0 Å². The summed E-state index contributed by atoms with van der Waals surface area (Å²) in [6.07, 6.45) is 5.30. The number of phenols is 2. The van der Waals surface area contributed by atoms with Crippen LogP contribution in [0.1, 0.15) is 66.6 Å². The number of fused-ring (bicyclic) bond motifs is 4. The maximum Gasteiger partial charge on any atom is 0.330 e. The lowest BCUT2D eigenvalue weighted by molar-refractivity contribution is -0.141. The molecule has 2 N–H and O–H groups in total. The van der Waals surface area contributed by atoms with Crippen LogP contribution in [0, 0.1) is 0 Å². The van der Waals surface area contributed by atoms with E-state index in [4.69, 9.17) is 9.47 Å². The topological polar surface area (TPSA) is 76.0 Å². The SMILES string of the molecule is CC(C)=CCc1c(O)cc2c(c1CCc1ccccc1)C1(C(=O)O2)c2c(CCc3ccccc3)cc(O)cc2OC1(C)C. The molecule has 220 valence electrons. The van der Waals surface area contributed by atoms with Crippen LogP contribution in [0.4, 0.5) is 0 Å². The van der Waals surface area contributed by atoms with Crippen LogP contribution in [0.3, 0.4) is 0 Å². The van der Waals surface area contributed by atoms with Gasteiger partial charge in [-0.2, -0.15) is 0 Å². The summed E-state index contributed by atoms with van der Waals surface area (Å²) in [6.45, 7) is 7.92. The molecule has 43 heavy (non-hydrogen) atoms. The molecule has 5 heteroatoms. The summed E-state index contributed by atoms with van der Waals surface area (Å²) in [5.41, 5.74) is 5.23. The van der Waals surface area contributed by atoms with Crippen LogP contribution in [-0.2, 0) is 42.3 Å². The van der Waals surface area contributed by atoms with Crippen molar-refractivity contribution in [1.82, 2.24) is 0 Å². The summed E-state index contributed by atoms with van der Waals surface area (Å²) in [5, 5.41) is 22.1. The Balaban J connectivity index is 1.58. The van der Waals surface area contributed by atoms with Gasteiger partial charge < -0.3 is 19.7 Å². The van der Waals surface area contributed by atoms with Gasteiger partial charge in [-0.15, -0.1) is 0 Å². The highest BCUT2D eigenvalue weighted by atomic mass is 16.6. The number of aryl methyl sites for hydroxylation is 3. The van der Waals surface area contributed by atoms with E-state index in [9.17, 15) is 15.0 Å². The molecule has 0 radical (unpaired) electrons. The molecule has 0 aromatic heterocycles. The molecule has 4 aromatic rings. The Bertz CT molecular complexity index is 1710. The van der Waals surface area contributed by atoms with Crippen molar-refractivity contribution >= 4 is 5.97 Å². The van der Waals surface area contributed by atoms with Gasteiger partial charge in [0.15, 0.2) is 5.41 Å². The van der Waals surface area contributed by atoms with Gasteiger partial charge in [-0.05, 0) is 88.1 Å². The first-order valence-electron chi connectivity index (χ1n) is 15.0. The number of aromatic hydroxyl groups is 2. The zero-order chi connectivity index (χ0) is 30.4.